The Balaban J connectivity index is 2.00. The van der Waals surface area contributed by atoms with Gasteiger partial charge in [0.15, 0.2) is 0 Å². The molecule has 0 aliphatic carbocycles. The molecule has 2 rings (SSSR count). The molecule has 0 spiro atoms. The molecule has 0 aromatic heterocycles. The van der Waals surface area contributed by atoms with Gasteiger partial charge in [0.05, 0.1) is 16.3 Å². The lowest BCUT2D eigenvalue weighted by atomic mass is 10.1. The number of nitrogens with one attached hydrogen (secondary N) is 1. The molecule has 0 saturated carbocycles. The van der Waals surface area contributed by atoms with Crippen LogP contribution in [0.4, 0.5) is 5.69 Å². The van der Waals surface area contributed by atoms with E-state index in [1.54, 1.807) is 0 Å². The molecule has 2 aromatic rings. The topological polar surface area (TPSA) is 58.6 Å². The van der Waals surface area contributed by atoms with E-state index < -0.39 is 5.97 Å². The molecule has 0 unspecified atom stereocenters. The zero-order valence-corrected chi connectivity index (χ0v) is 13.4. The lowest BCUT2D eigenvalue weighted by Gasteiger charge is -2.13. The maximum Gasteiger partial charge on any atom is 0.337 e. The van der Waals surface area contributed by atoms with E-state index in [2.05, 4.69) is 5.32 Å². The van der Waals surface area contributed by atoms with Gasteiger partial charge in [0.25, 0.3) is 0 Å². The number of rotatable bonds is 6. The zero-order chi connectivity index (χ0) is 16.1. The van der Waals surface area contributed by atoms with Crippen LogP contribution in [0.3, 0.4) is 0 Å². The van der Waals surface area contributed by atoms with E-state index >= 15 is 0 Å². The van der Waals surface area contributed by atoms with Gasteiger partial charge in [-0.25, -0.2) is 4.79 Å². The molecule has 0 aliphatic rings. The fraction of sp³-hybridized carbons (Fsp3) is 0.188. The number of ether oxygens (including phenoxy) is 1. The van der Waals surface area contributed by atoms with Crippen LogP contribution in [0.2, 0.25) is 10.0 Å². The van der Waals surface area contributed by atoms with Crippen LogP contribution in [0.15, 0.2) is 36.4 Å². The average Bonchev–Trinajstić information content (AvgIpc) is 2.46. The number of hydrogen-bond donors (Lipinski definition) is 2. The van der Waals surface area contributed by atoms with Crippen molar-refractivity contribution in [2.45, 2.75) is 6.92 Å². The largest absolute Gasteiger partial charge is 0.491 e. The first-order chi connectivity index (χ1) is 10.5. The second-order valence-electron chi connectivity index (χ2n) is 4.66. The van der Waals surface area contributed by atoms with Gasteiger partial charge in [-0.3, -0.25) is 0 Å². The molecule has 22 heavy (non-hydrogen) atoms. The van der Waals surface area contributed by atoms with E-state index in [1.807, 2.05) is 31.2 Å². The first-order valence-corrected chi connectivity index (χ1v) is 7.39. The number of aromatic carboxylic acids is 1. The van der Waals surface area contributed by atoms with Crippen molar-refractivity contribution in [3.63, 3.8) is 0 Å². The summed E-state index contributed by atoms with van der Waals surface area (Å²) in [5.74, 6) is -0.295. The SMILES string of the molecule is Cc1ccccc1OCCNc1c(Cl)cc(Cl)cc1C(=O)O. The van der Waals surface area contributed by atoms with E-state index in [9.17, 15) is 9.90 Å². The van der Waals surface area contributed by atoms with Gasteiger partial charge in [0, 0.05) is 11.6 Å². The van der Waals surface area contributed by atoms with Crippen molar-refractivity contribution in [3.8, 4) is 5.75 Å². The van der Waals surface area contributed by atoms with E-state index in [1.165, 1.54) is 12.1 Å². The third kappa shape index (κ3) is 4.06. The lowest BCUT2D eigenvalue weighted by Crippen LogP contribution is -2.14. The predicted octanol–water partition coefficient (Wildman–Crippen LogP) is 4.49. The summed E-state index contributed by atoms with van der Waals surface area (Å²) in [7, 11) is 0. The fourth-order valence-electron chi connectivity index (χ4n) is 1.98. The Bertz CT molecular complexity index is 689. The lowest BCUT2D eigenvalue weighted by molar-refractivity contribution is 0.0698. The highest BCUT2D eigenvalue weighted by molar-refractivity contribution is 6.37. The van der Waals surface area contributed by atoms with Crippen molar-refractivity contribution >= 4 is 34.9 Å². The molecule has 0 amide bonds. The Morgan fingerprint density at radius 2 is 2.00 bits per heavy atom. The molecule has 0 atom stereocenters. The smallest absolute Gasteiger partial charge is 0.337 e. The van der Waals surface area contributed by atoms with Crippen molar-refractivity contribution in [1.82, 2.24) is 0 Å². The normalized spacial score (nSPS) is 10.3. The van der Waals surface area contributed by atoms with Crippen molar-refractivity contribution in [1.29, 1.82) is 0 Å². The molecule has 4 nitrogen and oxygen atoms in total. The molecule has 0 heterocycles. The maximum absolute atomic E-state index is 11.2. The minimum atomic E-state index is -1.09. The highest BCUT2D eigenvalue weighted by Gasteiger charge is 2.14. The van der Waals surface area contributed by atoms with Gasteiger partial charge in [-0.15, -0.1) is 0 Å². The number of hydrogen-bond acceptors (Lipinski definition) is 3. The molecule has 0 aliphatic heterocycles. The Morgan fingerprint density at radius 3 is 2.68 bits per heavy atom. The number of carboxylic acid groups (broad SMARTS) is 1. The van der Waals surface area contributed by atoms with Crippen LogP contribution < -0.4 is 10.1 Å². The molecular formula is C16H15Cl2NO3. The van der Waals surface area contributed by atoms with Gasteiger partial charge in [-0.2, -0.15) is 0 Å². The second-order valence-corrected chi connectivity index (χ2v) is 5.50. The number of carbonyl (C=O) groups is 1. The standard InChI is InChI=1S/C16H15Cl2NO3/c1-10-4-2-3-5-14(10)22-7-6-19-15-12(16(20)21)8-11(17)9-13(15)18/h2-5,8-9,19H,6-7H2,1H3,(H,20,21). The molecule has 0 bridgehead atoms. The number of aryl methyl sites for hydroxylation is 1. The molecule has 2 aromatic carbocycles. The number of carboxylic acids is 1. The molecule has 6 heteroatoms. The zero-order valence-electron chi connectivity index (χ0n) is 11.9. The van der Waals surface area contributed by atoms with Crippen LogP contribution in [0.25, 0.3) is 0 Å². The van der Waals surface area contributed by atoms with Gasteiger partial charge < -0.3 is 15.2 Å². The number of halogens is 2. The highest BCUT2D eigenvalue weighted by atomic mass is 35.5. The van der Waals surface area contributed by atoms with E-state index in [-0.39, 0.29) is 15.6 Å². The Morgan fingerprint density at radius 1 is 1.27 bits per heavy atom. The van der Waals surface area contributed by atoms with E-state index in [4.69, 9.17) is 27.9 Å². The summed E-state index contributed by atoms with van der Waals surface area (Å²) in [5.41, 5.74) is 1.42. The third-order valence-corrected chi connectivity index (χ3v) is 3.56. The van der Waals surface area contributed by atoms with Crippen LogP contribution in [0.1, 0.15) is 15.9 Å². The maximum atomic E-state index is 11.2. The monoisotopic (exact) mass is 339 g/mol. The molecule has 0 saturated heterocycles. The second kappa shape index (κ2) is 7.38. The summed E-state index contributed by atoms with van der Waals surface area (Å²) in [4.78, 5) is 11.2. The molecule has 116 valence electrons. The Labute approximate surface area is 138 Å². The first kappa shape index (κ1) is 16.5. The molecule has 0 fully saturated rings. The van der Waals surface area contributed by atoms with Crippen molar-refractivity contribution in [3.05, 3.63) is 57.6 Å². The van der Waals surface area contributed by atoms with Crippen LogP contribution >= 0.6 is 23.2 Å². The van der Waals surface area contributed by atoms with E-state index in [0.29, 0.717) is 18.8 Å². The molecular weight excluding hydrogens is 325 g/mol. The van der Waals surface area contributed by atoms with Crippen molar-refractivity contribution < 1.29 is 14.6 Å². The first-order valence-electron chi connectivity index (χ1n) is 6.63. The Kier molecular flexibility index (Phi) is 5.52. The van der Waals surface area contributed by atoms with Gasteiger partial charge in [0.1, 0.15) is 12.4 Å². The quantitative estimate of drug-likeness (QED) is 0.761. The summed E-state index contributed by atoms with van der Waals surface area (Å²) in [6.07, 6.45) is 0. The van der Waals surface area contributed by atoms with Crippen LogP contribution in [0, 0.1) is 6.92 Å². The van der Waals surface area contributed by atoms with Gasteiger partial charge in [-0.1, -0.05) is 41.4 Å². The van der Waals surface area contributed by atoms with Gasteiger partial charge in [-0.05, 0) is 30.7 Å². The summed E-state index contributed by atoms with van der Waals surface area (Å²) >= 11 is 11.9. The summed E-state index contributed by atoms with van der Waals surface area (Å²) < 4.78 is 5.64. The minimum absolute atomic E-state index is 0.0355. The predicted molar refractivity (Wildman–Crippen MR) is 88.6 cm³/mol. The summed E-state index contributed by atoms with van der Waals surface area (Å²) in [6, 6.07) is 10.5. The summed E-state index contributed by atoms with van der Waals surface area (Å²) in [6.45, 7) is 2.75. The van der Waals surface area contributed by atoms with Crippen molar-refractivity contribution in [2.24, 2.45) is 0 Å². The average molecular weight is 340 g/mol. The van der Waals surface area contributed by atoms with Crippen LogP contribution in [-0.4, -0.2) is 24.2 Å². The molecule has 0 radical (unpaired) electrons. The van der Waals surface area contributed by atoms with E-state index in [0.717, 1.165) is 11.3 Å². The number of anilines is 1. The Hall–Kier alpha value is -1.91. The number of benzene rings is 2. The fourth-order valence-corrected chi connectivity index (χ4v) is 2.54. The van der Waals surface area contributed by atoms with Gasteiger partial charge in [0.2, 0.25) is 0 Å². The highest BCUT2D eigenvalue weighted by Crippen LogP contribution is 2.30. The van der Waals surface area contributed by atoms with Crippen LogP contribution in [-0.2, 0) is 0 Å². The third-order valence-electron chi connectivity index (χ3n) is 3.04. The van der Waals surface area contributed by atoms with Gasteiger partial charge >= 0.3 is 5.97 Å². The van der Waals surface area contributed by atoms with Crippen molar-refractivity contribution in [2.75, 3.05) is 18.5 Å². The number of para-hydroxylation sites is 1. The minimum Gasteiger partial charge on any atom is -0.491 e. The summed E-state index contributed by atoms with van der Waals surface area (Å²) in [5, 5.41) is 12.7. The molecule has 2 N–H and O–H groups in total. The van der Waals surface area contributed by atoms with Crippen LogP contribution in [0.5, 0.6) is 5.75 Å².